The van der Waals surface area contributed by atoms with Gasteiger partial charge in [0.15, 0.2) is 11.0 Å². The summed E-state index contributed by atoms with van der Waals surface area (Å²) in [5.41, 5.74) is 4.13. The van der Waals surface area contributed by atoms with Crippen LogP contribution in [0.2, 0.25) is 0 Å². The van der Waals surface area contributed by atoms with Gasteiger partial charge in [-0.15, -0.1) is 10.2 Å². The van der Waals surface area contributed by atoms with Crippen LogP contribution in [0.4, 0.5) is 0 Å². The molecule has 0 N–H and O–H groups in total. The van der Waals surface area contributed by atoms with Gasteiger partial charge in [0.2, 0.25) is 0 Å². The van der Waals surface area contributed by atoms with Gasteiger partial charge in [-0.3, -0.25) is 0 Å². The van der Waals surface area contributed by atoms with E-state index in [1.807, 2.05) is 48.0 Å². The number of benzene rings is 2. The minimum Gasteiger partial charge on any atom is -0.305 e. The Bertz CT molecular complexity index is 1020. The van der Waals surface area contributed by atoms with Gasteiger partial charge in [0.05, 0.1) is 17.6 Å². The third kappa shape index (κ3) is 3.39. The highest BCUT2D eigenvalue weighted by Crippen LogP contribution is 2.25. The number of aryl methyl sites for hydroxylation is 1. The van der Waals surface area contributed by atoms with Crippen LogP contribution in [0.1, 0.15) is 11.3 Å². The van der Waals surface area contributed by atoms with E-state index in [1.165, 1.54) is 5.56 Å². The van der Waals surface area contributed by atoms with Crippen LogP contribution in [0.15, 0.2) is 66.0 Å². The molecule has 7 heteroatoms. The van der Waals surface area contributed by atoms with Crippen molar-refractivity contribution in [2.45, 2.75) is 17.8 Å². The molecule has 6 nitrogen and oxygen atoms in total. The van der Waals surface area contributed by atoms with E-state index in [1.54, 1.807) is 22.8 Å². The molecule has 4 aromatic rings. The van der Waals surface area contributed by atoms with E-state index in [4.69, 9.17) is 0 Å². The average molecular weight is 362 g/mol. The second-order valence-corrected chi connectivity index (χ2v) is 6.93. The molecule has 0 unspecified atom stereocenters. The van der Waals surface area contributed by atoms with Crippen molar-refractivity contribution in [3.63, 3.8) is 0 Å². The molecule has 2 aromatic heterocycles. The number of thioether (sulfide) groups is 1. The number of rotatable bonds is 5. The van der Waals surface area contributed by atoms with Crippen LogP contribution in [-0.2, 0) is 12.8 Å². The molecule has 2 heterocycles. The zero-order valence-corrected chi connectivity index (χ0v) is 15.4. The minimum absolute atomic E-state index is 0.687. The lowest BCUT2D eigenvalue weighted by Gasteiger charge is -2.04. The fourth-order valence-electron chi connectivity index (χ4n) is 2.66. The molecule has 0 aliphatic rings. The maximum Gasteiger partial charge on any atom is 0.191 e. The van der Waals surface area contributed by atoms with Crippen LogP contribution < -0.4 is 0 Å². The Balaban J connectivity index is 1.48. The minimum atomic E-state index is 0.687. The van der Waals surface area contributed by atoms with Crippen LogP contribution in [0.3, 0.4) is 0 Å². The molecular weight excluding hydrogens is 344 g/mol. The van der Waals surface area contributed by atoms with Crippen molar-refractivity contribution in [1.82, 2.24) is 29.8 Å². The van der Waals surface area contributed by atoms with Crippen LogP contribution in [0, 0.1) is 6.92 Å². The maximum atomic E-state index is 4.53. The topological polar surface area (TPSA) is 61.4 Å². The van der Waals surface area contributed by atoms with Crippen molar-refractivity contribution in [2.75, 3.05) is 0 Å². The molecule has 0 aliphatic heterocycles. The van der Waals surface area contributed by atoms with E-state index in [9.17, 15) is 0 Å². The molecule has 26 heavy (non-hydrogen) atoms. The number of hydrogen-bond acceptors (Lipinski definition) is 5. The summed E-state index contributed by atoms with van der Waals surface area (Å²) in [7, 11) is 1.99. The molecule has 0 saturated heterocycles. The van der Waals surface area contributed by atoms with E-state index < -0.39 is 0 Å². The zero-order valence-electron chi connectivity index (χ0n) is 14.6. The molecule has 2 aromatic carbocycles. The second kappa shape index (κ2) is 7.13. The molecular formula is C19H18N6S. The first-order valence-corrected chi connectivity index (χ1v) is 9.25. The van der Waals surface area contributed by atoms with E-state index in [0.717, 1.165) is 27.9 Å². The van der Waals surface area contributed by atoms with Crippen molar-refractivity contribution in [2.24, 2.45) is 7.05 Å². The van der Waals surface area contributed by atoms with Crippen molar-refractivity contribution in [3.8, 4) is 17.1 Å². The van der Waals surface area contributed by atoms with Gasteiger partial charge in [-0.05, 0) is 25.1 Å². The normalized spacial score (nSPS) is 11.0. The molecule has 0 saturated carbocycles. The molecule has 0 aliphatic carbocycles. The highest BCUT2D eigenvalue weighted by Gasteiger charge is 2.12. The summed E-state index contributed by atoms with van der Waals surface area (Å²) in [4.78, 5) is 1.64. The number of para-hydroxylation sites is 1. The number of hydrogen-bond donors (Lipinski definition) is 0. The van der Waals surface area contributed by atoms with Gasteiger partial charge in [-0.2, -0.15) is 15.0 Å². The fraction of sp³-hybridized carbons (Fsp3) is 0.158. The quantitative estimate of drug-likeness (QED) is 0.507. The lowest BCUT2D eigenvalue weighted by Crippen LogP contribution is -1.98. The van der Waals surface area contributed by atoms with Crippen molar-refractivity contribution in [3.05, 3.63) is 72.1 Å². The van der Waals surface area contributed by atoms with Gasteiger partial charge in [-0.1, -0.05) is 53.7 Å². The Kier molecular flexibility index (Phi) is 4.53. The Morgan fingerprint density at radius 2 is 1.85 bits per heavy atom. The Morgan fingerprint density at radius 3 is 2.65 bits per heavy atom. The third-order valence-corrected chi connectivity index (χ3v) is 5.04. The van der Waals surface area contributed by atoms with E-state index in [2.05, 4.69) is 45.5 Å². The first kappa shape index (κ1) is 16.5. The molecule has 0 fully saturated rings. The summed E-state index contributed by atoms with van der Waals surface area (Å²) in [6.45, 7) is 2.07. The predicted molar refractivity (Wildman–Crippen MR) is 102 cm³/mol. The molecule has 0 amide bonds. The van der Waals surface area contributed by atoms with Gasteiger partial charge >= 0.3 is 0 Å². The summed E-state index contributed by atoms with van der Waals surface area (Å²) < 4.78 is 2.01. The second-order valence-electron chi connectivity index (χ2n) is 5.98. The lowest BCUT2D eigenvalue weighted by molar-refractivity contribution is 0.744. The molecule has 0 bridgehead atoms. The summed E-state index contributed by atoms with van der Waals surface area (Å²) >= 11 is 1.60. The smallest absolute Gasteiger partial charge is 0.191 e. The standard InChI is InChI=1S/C19H18N6S/c1-14-7-6-8-15(11-14)18-21-22-19(24(18)2)26-13-16-12-20-25(23-16)17-9-4-3-5-10-17/h3-12H,13H2,1-2H3. The van der Waals surface area contributed by atoms with Gasteiger partial charge in [0.25, 0.3) is 0 Å². The Morgan fingerprint density at radius 1 is 1.00 bits per heavy atom. The first-order chi connectivity index (χ1) is 12.7. The maximum absolute atomic E-state index is 4.53. The highest BCUT2D eigenvalue weighted by molar-refractivity contribution is 7.98. The van der Waals surface area contributed by atoms with E-state index >= 15 is 0 Å². The van der Waals surface area contributed by atoms with Gasteiger partial charge in [0.1, 0.15) is 0 Å². The van der Waals surface area contributed by atoms with Crippen molar-refractivity contribution >= 4 is 11.8 Å². The summed E-state index contributed by atoms with van der Waals surface area (Å²) in [6.07, 6.45) is 1.79. The third-order valence-electron chi connectivity index (χ3n) is 3.99. The van der Waals surface area contributed by atoms with Crippen molar-refractivity contribution in [1.29, 1.82) is 0 Å². The largest absolute Gasteiger partial charge is 0.305 e. The predicted octanol–water partition coefficient (Wildman–Crippen LogP) is 3.66. The average Bonchev–Trinajstić information content (AvgIpc) is 3.28. The molecule has 130 valence electrons. The van der Waals surface area contributed by atoms with E-state index in [0.29, 0.717) is 5.75 Å². The SMILES string of the molecule is Cc1cccc(-c2nnc(SCc3cnn(-c4ccccc4)n3)n2C)c1. The summed E-state index contributed by atoms with van der Waals surface area (Å²) in [5, 5.41) is 18.4. The summed E-state index contributed by atoms with van der Waals surface area (Å²) in [5.74, 6) is 1.55. The van der Waals surface area contributed by atoms with Crippen LogP contribution in [-0.4, -0.2) is 29.8 Å². The molecule has 0 atom stereocenters. The number of nitrogens with zero attached hydrogens (tertiary/aromatic N) is 6. The van der Waals surface area contributed by atoms with Crippen LogP contribution in [0.25, 0.3) is 17.1 Å². The molecule has 0 spiro atoms. The zero-order chi connectivity index (χ0) is 17.9. The molecule has 4 rings (SSSR count). The number of aromatic nitrogens is 6. The van der Waals surface area contributed by atoms with Crippen LogP contribution >= 0.6 is 11.8 Å². The van der Waals surface area contributed by atoms with Crippen molar-refractivity contribution < 1.29 is 0 Å². The van der Waals surface area contributed by atoms with Gasteiger partial charge in [-0.25, -0.2) is 0 Å². The Hall–Kier alpha value is -2.93. The van der Waals surface area contributed by atoms with Gasteiger partial charge < -0.3 is 4.57 Å². The fourth-order valence-corrected chi connectivity index (χ4v) is 3.45. The lowest BCUT2D eigenvalue weighted by atomic mass is 10.1. The van der Waals surface area contributed by atoms with Crippen LogP contribution in [0.5, 0.6) is 0 Å². The monoisotopic (exact) mass is 362 g/mol. The van der Waals surface area contributed by atoms with E-state index in [-0.39, 0.29) is 0 Å². The Labute approximate surface area is 155 Å². The first-order valence-electron chi connectivity index (χ1n) is 8.26. The highest BCUT2D eigenvalue weighted by atomic mass is 32.2. The summed E-state index contributed by atoms with van der Waals surface area (Å²) in [6, 6.07) is 18.2. The molecule has 0 radical (unpaired) electrons. The van der Waals surface area contributed by atoms with Gasteiger partial charge in [0, 0.05) is 18.4 Å².